The number of esters is 2. The zero-order valence-corrected chi connectivity index (χ0v) is 29.8. The van der Waals surface area contributed by atoms with Gasteiger partial charge in [-0.25, -0.2) is 0 Å². The maximum absolute atomic E-state index is 12.8. The van der Waals surface area contributed by atoms with Crippen LogP contribution in [0.2, 0.25) is 0 Å². The monoisotopic (exact) mass is 744 g/mol. The van der Waals surface area contributed by atoms with E-state index in [1.54, 1.807) is 60.7 Å². The van der Waals surface area contributed by atoms with Gasteiger partial charge in [0.05, 0.1) is 39.5 Å². The summed E-state index contributed by atoms with van der Waals surface area (Å²) >= 11 is 0. The molecule has 2 aliphatic rings. The van der Waals surface area contributed by atoms with Crippen molar-refractivity contribution in [2.75, 3.05) is 58.5 Å². The summed E-state index contributed by atoms with van der Waals surface area (Å²) in [4.78, 5) is 77.3. The van der Waals surface area contributed by atoms with Crippen LogP contribution in [0.4, 0.5) is 11.4 Å². The zero-order valence-electron chi connectivity index (χ0n) is 28.8. The van der Waals surface area contributed by atoms with E-state index in [-0.39, 0.29) is 84.0 Å². The van der Waals surface area contributed by atoms with Crippen LogP contribution in [-0.2, 0) is 28.5 Å². The number of azide groups is 1. The quantitative estimate of drug-likeness (QED) is 0.0377. The minimum absolute atomic E-state index is 0. The standard InChI is InChI=1S/C18H16N4O5.C18H18N2O5.H2S/c1-11(23)27-10-9-26-8-7-22-17(24)13-4-2-3-12-15(20-21-19)6-5-14(16(12)13)18(22)25;1-11(21)25-10-9-24-8-7-20-17(22)13-4-2-3-12-15(19)6-5-14(16(12)13)18(20)23;/h2-6H,7-10H2,1H3;2-6H,7-10,19H2,1H3;1H2. The second kappa shape index (κ2) is 18.0. The highest BCUT2D eigenvalue weighted by Gasteiger charge is 2.34. The second-order valence-corrected chi connectivity index (χ2v) is 11.4. The molecule has 16 nitrogen and oxygen atoms in total. The van der Waals surface area contributed by atoms with Gasteiger partial charge in [-0.1, -0.05) is 35.4 Å². The number of amides is 4. The SMILES string of the molecule is CC(=O)OCCOCCN1C(=O)c2cccc3c(N)ccc(c23)C1=O.CC(=O)OCCOCCN1C(=O)c2cccc3c(N=[N+]=[N-])ccc(c23)C1=O.S. The normalized spacial score (nSPS) is 12.9. The van der Waals surface area contributed by atoms with Crippen LogP contribution in [-0.4, -0.2) is 98.1 Å². The van der Waals surface area contributed by atoms with E-state index in [9.17, 15) is 28.8 Å². The summed E-state index contributed by atoms with van der Waals surface area (Å²) in [5.74, 6) is -2.37. The molecule has 2 heterocycles. The molecule has 2 aliphatic heterocycles. The number of anilines is 1. The molecule has 0 fully saturated rings. The number of imide groups is 2. The van der Waals surface area contributed by atoms with E-state index >= 15 is 0 Å². The van der Waals surface area contributed by atoms with Gasteiger partial charge in [-0.2, -0.15) is 13.5 Å². The Morgan fingerprint density at radius 2 is 1.08 bits per heavy atom. The van der Waals surface area contributed by atoms with Gasteiger partial charge in [0, 0.05) is 68.5 Å². The van der Waals surface area contributed by atoms with Crippen LogP contribution in [0.15, 0.2) is 65.8 Å². The van der Waals surface area contributed by atoms with Gasteiger partial charge >= 0.3 is 11.9 Å². The zero-order chi connectivity index (χ0) is 37.4. The first-order valence-corrected chi connectivity index (χ1v) is 16.1. The van der Waals surface area contributed by atoms with E-state index < -0.39 is 17.8 Å². The maximum atomic E-state index is 12.8. The Balaban J connectivity index is 0.000000233. The third-order valence-corrected chi connectivity index (χ3v) is 8.13. The number of rotatable bonds is 13. The van der Waals surface area contributed by atoms with Crippen molar-refractivity contribution < 1.29 is 47.7 Å². The van der Waals surface area contributed by atoms with Crippen molar-refractivity contribution in [2.24, 2.45) is 5.11 Å². The number of hydrogen-bond acceptors (Lipinski definition) is 12. The van der Waals surface area contributed by atoms with E-state index in [1.807, 2.05) is 0 Å². The second-order valence-electron chi connectivity index (χ2n) is 11.4. The Labute approximate surface area is 309 Å². The summed E-state index contributed by atoms with van der Waals surface area (Å²) in [6.45, 7) is 3.74. The topological polar surface area (TPSA) is 221 Å². The molecule has 0 saturated heterocycles. The third-order valence-electron chi connectivity index (χ3n) is 8.13. The molecule has 0 radical (unpaired) electrons. The Morgan fingerprint density at radius 3 is 1.55 bits per heavy atom. The Bertz CT molecular complexity index is 2110. The molecule has 4 aromatic carbocycles. The minimum Gasteiger partial charge on any atom is -0.463 e. The fourth-order valence-electron chi connectivity index (χ4n) is 5.85. The fourth-order valence-corrected chi connectivity index (χ4v) is 5.85. The highest BCUT2D eigenvalue weighted by Crippen LogP contribution is 2.36. The highest BCUT2D eigenvalue weighted by molar-refractivity contribution is 7.59. The lowest BCUT2D eigenvalue weighted by molar-refractivity contribution is -0.143. The Kier molecular flexibility index (Phi) is 13.5. The molecule has 0 aliphatic carbocycles. The van der Waals surface area contributed by atoms with Gasteiger partial charge in [-0.3, -0.25) is 38.6 Å². The van der Waals surface area contributed by atoms with Crippen LogP contribution < -0.4 is 5.73 Å². The summed E-state index contributed by atoms with van der Waals surface area (Å²) in [6.07, 6.45) is 0. The first-order valence-electron chi connectivity index (χ1n) is 16.1. The molecule has 0 bridgehead atoms. The number of carbonyl (C=O) groups is 6. The van der Waals surface area contributed by atoms with Crippen molar-refractivity contribution in [2.45, 2.75) is 13.8 Å². The number of carbonyl (C=O) groups excluding carboxylic acids is 6. The van der Waals surface area contributed by atoms with Crippen LogP contribution in [0, 0.1) is 0 Å². The molecular formula is C36H36N6O10S. The number of nitrogen functional groups attached to an aromatic ring is 1. The molecular weight excluding hydrogens is 708 g/mol. The maximum Gasteiger partial charge on any atom is 0.302 e. The molecule has 0 atom stereocenters. The molecule has 0 spiro atoms. The number of benzene rings is 4. The summed E-state index contributed by atoms with van der Waals surface area (Å²) < 4.78 is 20.1. The van der Waals surface area contributed by atoms with Crippen LogP contribution in [0.25, 0.3) is 32.0 Å². The predicted molar refractivity (Wildman–Crippen MR) is 197 cm³/mol. The van der Waals surface area contributed by atoms with E-state index in [0.29, 0.717) is 55.2 Å². The van der Waals surface area contributed by atoms with Crippen molar-refractivity contribution >= 4 is 82.0 Å². The van der Waals surface area contributed by atoms with Gasteiger partial charge < -0.3 is 24.7 Å². The van der Waals surface area contributed by atoms with Crippen LogP contribution >= 0.6 is 13.5 Å². The molecule has 4 amide bonds. The molecule has 4 aromatic rings. The van der Waals surface area contributed by atoms with Crippen molar-refractivity contribution in [3.63, 3.8) is 0 Å². The van der Waals surface area contributed by atoms with Crippen molar-refractivity contribution in [1.82, 2.24) is 9.80 Å². The molecule has 0 unspecified atom stereocenters. The number of hydrogen-bond donors (Lipinski definition) is 1. The molecule has 17 heteroatoms. The van der Waals surface area contributed by atoms with E-state index in [4.69, 9.17) is 30.2 Å². The fraction of sp³-hybridized carbons (Fsp3) is 0.278. The van der Waals surface area contributed by atoms with E-state index in [0.717, 1.165) is 4.90 Å². The van der Waals surface area contributed by atoms with Crippen molar-refractivity contribution in [1.29, 1.82) is 0 Å². The van der Waals surface area contributed by atoms with Crippen LogP contribution in [0.1, 0.15) is 55.3 Å². The van der Waals surface area contributed by atoms with E-state index in [1.165, 1.54) is 18.7 Å². The summed E-state index contributed by atoms with van der Waals surface area (Å²) in [6, 6.07) is 16.7. The average Bonchev–Trinajstić information content (AvgIpc) is 3.12. The van der Waals surface area contributed by atoms with Gasteiger partial charge in [0.15, 0.2) is 0 Å². The van der Waals surface area contributed by atoms with Crippen LogP contribution in [0.3, 0.4) is 0 Å². The first-order chi connectivity index (χ1) is 25.0. The number of ether oxygens (including phenoxy) is 4. The molecule has 6 rings (SSSR count). The molecule has 0 saturated carbocycles. The lowest BCUT2D eigenvalue weighted by Crippen LogP contribution is -2.42. The molecule has 276 valence electrons. The van der Waals surface area contributed by atoms with Crippen molar-refractivity contribution in [3.8, 4) is 0 Å². The summed E-state index contributed by atoms with van der Waals surface area (Å²) in [5, 5.41) is 5.98. The van der Waals surface area contributed by atoms with Crippen LogP contribution in [0.5, 0.6) is 0 Å². The van der Waals surface area contributed by atoms with Crippen molar-refractivity contribution in [3.05, 3.63) is 93.4 Å². The first kappa shape index (κ1) is 39.8. The smallest absolute Gasteiger partial charge is 0.302 e. The molecule has 0 aromatic heterocycles. The van der Waals surface area contributed by atoms with Gasteiger partial charge in [-0.05, 0) is 41.2 Å². The summed E-state index contributed by atoms with van der Waals surface area (Å²) in [5.41, 5.74) is 17.2. The largest absolute Gasteiger partial charge is 0.463 e. The lowest BCUT2D eigenvalue weighted by atomic mass is 9.93. The Hall–Kier alpha value is -6.00. The predicted octanol–water partition coefficient (Wildman–Crippen LogP) is 4.67. The number of nitrogens with zero attached hydrogens (tertiary/aromatic N) is 5. The highest BCUT2D eigenvalue weighted by atomic mass is 32.1. The van der Waals surface area contributed by atoms with E-state index in [2.05, 4.69) is 10.0 Å². The summed E-state index contributed by atoms with van der Waals surface area (Å²) in [7, 11) is 0. The molecule has 2 N–H and O–H groups in total. The van der Waals surface area contributed by atoms with Gasteiger partial charge in [0.1, 0.15) is 13.2 Å². The molecule has 53 heavy (non-hydrogen) atoms. The van der Waals surface area contributed by atoms with Gasteiger partial charge in [0.25, 0.3) is 23.6 Å². The Morgan fingerprint density at radius 1 is 0.642 bits per heavy atom. The lowest BCUT2D eigenvalue weighted by Gasteiger charge is -2.27. The minimum atomic E-state index is -0.431. The van der Waals surface area contributed by atoms with Gasteiger partial charge in [0.2, 0.25) is 0 Å². The number of nitrogens with two attached hydrogens (primary N) is 1. The third kappa shape index (κ3) is 8.73. The van der Waals surface area contributed by atoms with Gasteiger partial charge in [-0.15, -0.1) is 0 Å². The average molecular weight is 745 g/mol.